The van der Waals surface area contributed by atoms with Crippen LogP contribution in [0.25, 0.3) is 0 Å². The van der Waals surface area contributed by atoms with Crippen molar-refractivity contribution in [2.75, 3.05) is 25.2 Å². The monoisotopic (exact) mass is 423 g/mol. The average molecular weight is 424 g/mol. The Labute approximate surface area is 182 Å². The normalized spacial score (nSPS) is 17.3. The number of amides is 3. The number of aryl methyl sites for hydroxylation is 1. The van der Waals surface area contributed by atoms with Crippen LogP contribution in [0.1, 0.15) is 36.8 Å². The molecule has 2 heterocycles. The molecule has 0 aromatic heterocycles. The standard InChI is InChI=1S/C24H29N3O4/c1-17-4-2-6-20(12-17)26-24(29)27-11-3-5-18(15-27)8-10-23(28)25-14-19-7-9-21-22(13-19)31-16-30-21/h2,4,6-7,9,12-13,18H,3,5,8,10-11,14-16H2,1H3,(H,25,28)(H,26,29)/t18-/m1/s1. The van der Waals surface area contributed by atoms with Gasteiger partial charge < -0.3 is 25.0 Å². The summed E-state index contributed by atoms with van der Waals surface area (Å²) in [5.41, 5.74) is 2.91. The van der Waals surface area contributed by atoms with Crippen LogP contribution in [0.4, 0.5) is 10.5 Å². The summed E-state index contributed by atoms with van der Waals surface area (Å²) in [6.07, 6.45) is 3.25. The third-order valence-electron chi connectivity index (χ3n) is 5.78. The molecule has 0 unspecified atom stereocenters. The number of likely N-dealkylation sites (tertiary alicyclic amines) is 1. The Morgan fingerprint density at radius 1 is 1.13 bits per heavy atom. The van der Waals surface area contributed by atoms with Crippen molar-refractivity contribution in [3.05, 3.63) is 53.6 Å². The number of carbonyl (C=O) groups excluding carboxylic acids is 2. The van der Waals surface area contributed by atoms with E-state index in [1.165, 1.54) is 0 Å². The molecule has 0 bridgehead atoms. The lowest BCUT2D eigenvalue weighted by Crippen LogP contribution is -2.42. The summed E-state index contributed by atoms with van der Waals surface area (Å²) in [5.74, 6) is 1.83. The van der Waals surface area contributed by atoms with Crippen LogP contribution >= 0.6 is 0 Å². The molecule has 2 aliphatic heterocycles. The average Bonchev–Trinajstić information content (AvgIpc) is 3.24. The molecule has 0 spiro atoms. The van der Waals surface area contributed by atoms with Gasteiger partial charge in [0.15, 0.2) is 11.5 Å². The molecule has 7 nitrogen and oxygen atoms in total. The zero-order valence-electron chi connectivity index (χ0n) is 17.9. The highest BCUT2D eigenvalue weighted by atomic mass is 16.7. The van der Waals surface area contributed by atoms with Gasteiger partial charge in [0, 0.05) is 31.7 Å². The van der Waals surface area contributed by atoms with Crippen molar-refractivity contribution in [1.29, 1.82) is 0 Å². The predicted octanol–water partition coefficient (Wildman–Crippen LogP) is 4.06. The van der Waals surface area contributed by atoms with E-state index in [1.54, 1.807) is 0 Å². The molecule has 1 atom stereocenters. The Morgan fingerprint density at radius 2 is 2.00 bits per heavy atom. The summed E-state index contributed by atoms with van der Waals surface area (Å²) in [7, 11) is 0. The van der Waals surface area contributed by atoms with E-state index in [4.69, 9.17) is 9.47 Å². The van der Waals surface area contributed by atoms with Crippen molar-refractivity contribution >= 4 is 17.6 Å². The van der Waals surface area contributed by atoms with Crippen LogP contribution in [0, 0.1) is 12.8 Å². The fourth-order valence-corrected chi connectivity index (χ4v) is 4.09. The van der Waals surface area contributed by atoms with Gasteiger partial charge in [0.05, 0.1) is 0 Å². The van der Waals surface area contributed by atoms with Crippen molar-refractivity contribution in [3.63, 3.8) is 0 Å². The van der Waals surface area contributed by atoms with Crippen molar-refractivity contribution < 1.29 is 19.1 Å². The number of fused-ring (bicyclic) bond motifs is 1. The van der Waals surface area contributed by atoms with Crippen LogP contribution in [0.3, 0.4) is 0 Å². The number of urea groups is 1. The number of hydrogen-bond acceptors (Lipinski definition) is 4. The van der Waals surface area contributed by atoms with Crippen molar-refractivity contribution in [3.8, 4) is 11.5 Å². The highest BCUT2D eigenvalue weighted by molar-refractivity contribution is 5.89. The number of piperidine rings is 1. The number of rotatable bonds is 6. The van der Waals surface area contributed by atoms with E-state index in [0.29, 0.717) is 25.4 Å². The molecule has 0 saturated carbocycles. The SMILES string of the molecule is Cc1cccc(NC(=O)N2CCC[C@H](CCC(=O)NCc3ccc4c(c3)OCO4)C2)c1. The van der Waals surface area contributed by atoms with Crippen molar-refractivity contribution in [1.82, 2.24) is 10.2 Å². The molecule has 3 amide bonds. The van der Waals surface area contributed by atoms with Gasteiger partial charge >= 0.3 is 6.03 Å². The first-order valence-electron chi connectivity index (χ1n) is 10.8. The molecule has 2 aromatic rings. The zero-order valence-corrected chi connectivity index (χ0v) is 17.9. The third kappa shape index (κ3) is 5.69. The van der Waals surface area contributed by atoms with Crippen LogP contribution in [-0.2, 0) is 11.3 Å². The minimum absolute atomic E-state index is 0.0269. The Kier molecular flexibility index (Phi) is 6.60. The molecule has 31 heavy (non-hydrogen) atoms. The van der Waals surface area contributed by atoms with Crippen LogP contribution in [-0.4, -0.2) is 36.7 Å². The Balaban J connectivity index is 1.20. The fourth-order valence-electron chi connectivity index (χ4n) is 4.09. The first-order valence-corrected chi connectivity index (χ1v) is 10.8. The van der Waals surface area contributed by atoms with Gasteiger partial charge in [-0.15, -0.1) is 0 Å². The number of nitrogens with zero attached hydrogens (tertiary/aromatic N) is 1. The maximum atomic E-state index is 12.6. The van der Waals surface area contributed by atoms with Crippen LogP contribution in [0.2, 0.25) is 0 Å². The minimum Gasteiger partial charge on any atom is -0.454 e. The second-order valence-electron chi connectivity index (χ2n) is 8.26. The Hall–Kier alpha value is -3.22. The quantitative estimate of drug-likeness (QED) is 0.734. The summed E-state index contributed by atoms with van der Waals surface area (Å²) in [5, 5.41) is 5.96. The molecule has 1 saturated heterocycles. The Morgan fingerprint density at radius 3 is 2.87 bits per heavy atom. The summed E-state index contributed by atoms with van der Waals surface area (Å²) < 4.78 is 10.7. The zero-order chi connectivity index (χ0) is 21.6. The molecule has 7 heteroatoms. The van der Waals surface area contributed by atoms with Gasteiger partial charge in [-0.2, -0.15) is 0 Å². The number of ether oxygens (including phenoxy) is 2. The van der Waals surface area contributed by atoms with Gasteiger partial charge in [-0.3, -0.25) is 4.79 Å². The fraction of sp³-hybridized carbons (Fsp3) is 0.417. The second kappa shape index (κ2) is 9.73. The highest BCUT2D eigenvalue weighted by Crippen LogP contribution is 2.32. The molecule has 2 N–H and O–H groups in total. The summed E-state index contributed by atoms with van der Waals surface area (Å²) in [6.45, 7) is 4.15. The highest BCUT2D eigenvalue weighted by Gasteiger charge is 2.24. The topological polar surface area (TPSA) is 79.9 Å². The molecule has 2 aromatic carbocycles. The maximum Gasteiger partial charge on any atom is 0.321 e. The molecule has 0 aliphatic carbocycles. The number of hydrogen-bond donors (Lipinski definition) is 2. The van der Waals surface area contributed by atoms with E-state index >= 15 is 0 Å². The molecule has 4 rings (SSSR count). The molecule has 2 aliphatic rings. The summed E-state index contributed by atoms with van der Waals surface area (Å²) >= 11 is 0. The van der Waals surface area contributed by atoms with E-state index in [0.717, 1.165) is 54.1 Å². The van der Waals surface area contributed by atoms with Crippen molar-refractivity contribution in [2.45, 2.75) is 39.2 Å². The number of nitrogens with one attached hydrogen (secondary N) is 2. The van der Waals surface area contributed by atoms with Gasteiger partial charge in [0.2, 0.25) is 12.7 Å². The number of carbonyl (C=O) groups is 2. The number of anilines is 1. The predicted molar refractivity (Wildman–Crippen MR) is 118 cm³/mol. The maximum absolute atomic E-state index is 12.6. The van der Waals surface area contributed by atoms with E-state index in [9.17, 15) is 9.59 Å². The first-order chi connectivity index (χ1) is 15.1. The van der Waals surface area contributed by atoms with E-state index in [2.05, 4.69) is 10.6 Å². The van der Waals surface area contributed by atoms with Crippen molar-refractivity contribution in [2.24, 2.45) is 5.92 Å². The summed E-state index contributed by atoms with van der Waals surface area (Å²) in [4.78, 5) is 26.8. The lowest BCUT2D eigenvalue weighted by atomic mass is 9.93. The Bertz CT molecular complexity index is 946. The smallest absolute Gasteiger partial charge is 0.321 e. The van der Waals surface area contributed by atoms with Gasteiger partial charge in [-0.25, -0.2) is 4.79 Å². The van der Waals surface area contributed by atoms with Crippen LogP contribution < -0.4 is 20.1 Å². The summed E-state index contributed by atoms with van der Waals surface area (Å²) in [6, 6.07) is 13.4. The van der Waals surface area contributed by atoms with Gasteiger partial charge in [-0.05, 0) is 67.5 Å². The molecule has 0 radical (unpaired) electrons. The lowest BCUT2D eigenvalue weighted by Gasteiger charge is -2.32. The van der Waals surface area contributed by atoms with E-state index < -0.39 is 0 Å². The number of benzene rings is 2. The molecular formula is C24H29N3O4. The third-order valence-corrected chi connectivity index (χ3v) is 5.78. The van der Waals surface area contributed by atoms with Gasteiger partial charge in [0.1, 0.15) is 0 Å². The first kappa shape index (κ1) is 21.0. The van der Waals surface area contributed by atoms with Crippen LogP contribution in [0.5, 0.6) is 11.5 Å². The largest absolute Gasteiger partial charge is 0.454 e. The lowest BCUT2D eigenvalue weighted by molar-refractivity contribution is -0.121. The van der Waals surface area contributed by atoms with E-state index in [-0.39, 0.29) is 18.7 Å². The van der Waals surface area contributed by atoms with Gasteiger partial charge in [-0.1, -0.05) is 18.2 Å². The minimum atomic E-state index is -0.0671. The van der Waals surface area contributed by atoms with E-state index in [1.807, 2.05) is 54.3 Å². The second-order valence-corrected chi connectivity index (χ2v) is 8.26. The van der Waals surface area contributed by atoms with Gasteiger partial charge in [0.25, 0.3) is 0 Å². The van der Waals surface area contributed by atoms with Crippen LogP contribution in [0.15, 0.2) is 42.5 Å². The molecular weight excluding hydrogens is 394 g/mol. The molecule has 1 fully saturated rings. The molecule has 164 valence electrons.